The number of unbranched alkanes of at least 4 members (excludes halogenated alkanes) is 6. The number of ether oxygens (including phenoxy) is 7. The third kappa shape index (κ3) is 55.8. The van der Waals surface area contributed by atoms with Crippen LogP contribution in [0.1, 0.15) is 164 Å². The van der Waals surface area contributed by atoms with E-state index in [9.17, 15) is 93.0 Å². The fraction of sp³-hybridized carbons (Fsp3) is 0.295. The summed E-state index contributed by atoms with van der Waals surface area (Å²) >= 11 is 45.0. The van der Waals surface area contributed by atoms with E-state index >= 15 is 0 Å². The number of carbonyl (C=O) groups excluding carboxylic acids is 12. The van der Waals surface area contributed by atoms with E-state index < -0.39 is 66.3 Å². The van der Waals surface area contributed by atoms with Gasteiger partial charge in [0.15, 0.2) is 0 Å². The van der Waals surface area contributed by atoms with Crippen molar-refractivity contribution in [2.24, 2.45) is 0 Å². The van der Waals surface area contributed by atoms with E-state index in [1.165, 1.54) is 0 Å². The monoisotopic (exact) mass is 4090 g/mol. The number of carbonyl (C=O) groups is 13. The first-order valence-corrected chi connectivity index (χ1v) is 57.7. The Bertz CT molecular complexity index is 4940. The summed E-state index contributed by atoms with van der Waals surface area (Å²) in [6.45, 7) is 0.0547. The normalized spacial score (nSPS) is 10.2. The smallest absolute Gasteiger partial charge is 0.339 e. The molecule has 0 bridgehead atoms. The second-order valence-corrected chi connectivity index (χ2v) is 48.5. The Hall–Kier alpha value is 2.94. The third-order valence-corrected chi connectivity index (χ3v) is 38.8. The van der Waals surface area contributed by atoms with Crippen LogP contribution < -0.4 is 30.6 Å². The molecule has 27 nitrogen and oxygen atoms in total. The first-order chi connectivity index (χ1) is 59.0. The van der Waals surface area contributed by atoms with Gasteiger partial charge in [-0.15, -0.1) is 0 Å². The van der Waals surface area contributed by atoms with Gasteiger partial charge in [-0.3, -0.25) is 4.79 Å². The van der Waals surface area contributed by atoms with E-state index in [1.54, 1.807) is 24.3 Å². The van der Waals surface area contributed by atoms with Crippen LogP contribution in [0.2, 0.25) is 0 Å². The van der Waals surface area contributed by atoms with Gasteiger partial charge in [0.1, 0.15) is 6.61 Å². The van der Waals surface area contributed by atoms with E-state index in [0.29, 0.717) is 91.7 Å². The number of carboxylic acid groups (broad SMARTS) is 7. The van der Waals surface area contributed by atoms with Gasteiger partial charge >= 0.3 is 41.8 Å². The summed E-state index contributed by atoms with van der Waals surface area (Å²) in [5.74, 6) is -10.4. The standard InChI is InChI=1S/C14H15I3O4.C13H13I3O4.C12H11I3O4.C11H9I3O4.C10H7I3O4.C9H5I3O4.C9H7I3O3/c15-9-7-10(13(17)11(16)8-9)14(20)21-6-4-2-1-3-5-12(18)19;14-8-6-9(12(16)10(15)7-8)13(19)20-5-3-1-2-4-11(17)18;13-7-5-8(11(15)9(14)6-7)12(18)19-4-2-1-3-10(16)17;12-6-4-7(10(14)8(13)5-6)11(17)18-3-1-2-9(15)16;11-5-3-6(9(13)7(12)4-5)10(16)17-2-1-8(14)15;10-4-1-5(8(12)6(11)2-4)9(15)16-3-7(13)14;10-5-1-7(11)6(8(12)2-5)3-15-4-9(13)14/h7-8H,1-6H2,(H,18,19);6-7H,1-5H2,(H,17,18);5-6H,1-4H2,(H,16,17);4-5H,1-3H2,(H,15,16);3-4H,1-2H2,(H,14,15);1-2H,3H2,(H,13,14);1-2H,3-4H2,(H,13,14)/p-6. The average Bonchev–Trinajstić information content (AvgIpc) is 0.802. The Balaban J connectivity index is 0.000000737. The van der Waals surface area contributed by atoms with Crippen molar-refractivity contribution >= 4 is 552 Å². The van der Waals surface area contributed by atoms with Crippen LogP contribution in [0.4, 0.5) is 0 Å². The Morgan fingerprint density at radius 3 is 0.722 bits per heavy atom. The molecule has 48 heteroatoms. The van der Waals surface area contributed by atoms with Gasteiger partial charge in [-0.25, -0.2) is 28.8 Å². The molecule has 688 valence electrons. The molecule has 0 heterocycles. The quantitative estimate of drug-likeness (QED) is 0.0124. The number of hydrogen-bond acceptors (Lipinski definition) is 26. The molecule has 0 unspecified atom stereocenters. The van der Waals surface area contributed by atoms with E-state index in [-0.39, 0.29) is 82.9 Å². The van der Waals surface area contributed by atoms with Gasteiger partial charge in [0.05, 0.1) is 91.6 Å². The predicted octanol–water partition coefficient (Wildman–Crippen LogP) is 17.4. The minimum Gasteiger partial charge on any atom is -0.550 e. The number of rotatable bonds is 37. The summed E-state index contributed by atoms with van der Waals surface area (Å²) in [4.78, 5) is 143. The van der Waals surface area contributed by atoms with E-state index in [4.69, 9.17) is 33.5 Å². The lowest BCUT2D eigenvalue weighted by atomic mass is 10.1. The summed E-state index contributed by atoms with van der Waals surface area (Å²) in [6.07, 6.45) is 6.22. The van der Waals surface area contributed by atoms with Crippen molar-refractivity contribution in [2.45, 2.75) is 103 Å². The molecule has 0 aliphatic carbocycles. The van der Waals surface area contributed by atoms with Crippen molar-refractivity contribution in [3.8, 4) is 0 Å². The average molecular weight is 4100 g/mol. The first kappa shape index (κ1) is 127. The third-order valence-electron chi connectivity index (χ3n) is 14.3. The molecule has 0 amide bonds. The predicted molar refractivity (Wildman–Crippen MR) is 630 cm³/mol. The van der Waals surface area contributed by atoms with Crippen LogP contribution in [0.15, 0.2) is 84.9 Å². The van der Waals surface area contributed by atoms with E-state index in [2.05, 4.69) is 457 Å². The molecule has 126 heavy (non-hydrogen) atoms. The van der Waals surface area contributed by atoms with Crippen LogP contribution in [0.25, 0.3) is 0 Å². The summed E-state index contributed by atoms with van der Waals surface area (Å²) < 4.78 is 55.2. The molecule has 7 rings (SSSR count). The molecular formula is C78H61I21O27-6. The summed E-state index contributed by atoms with van der Waals surface area (Å²) in [7, 11) is 0. The Morgan fingerprint density at radius 2 is 0.444 bits per heavy atom. The van der Waals surface area contributed by atoms with Gasteiger partial charge in [-0.05, 0) is 630 Å². The lowest BCUT2D eigenvalue weighted by molar-refractivity contribution is -0.310. The van der Waals surface area contributed by atoms with Gasteiger partial charge in [0.2, 0.25) is 0 Å². The minimum atomic E-state index is -1.41. The summed E-state index contributed by atoms with van der Waals surface area (Å²) in [5, 5.41) is 69.7. The lowest BCUT2D eigenvalue weighted by Gasteiger charge is -2.09. The molecule has 0 aromatic heterocycles. The maximum absolute atomic E-state index is 12.0. The SMILES string of the molecule is O=C(O)CCCCCCOC(=O)c1cc(I)cc(I)c1I.O=C([O-])CCCCCOC(=O)c1cc(I)cc(I)c1I.O=C([O-])CCCCOC(=O)c1cc(I)cc(I)c1I.O=C([O-])CCCOC(=O)c1cc(I)cc(I)c1I.O=C([O-])CCOC(=O)c1cc(I)cc(I)c1I.O=C([O-])COC(=O)c1cc(I)cc(I)c1I.O=C([O-])COCc1c(I)cc(I)cc1I. The highest BCUT2D eigenvalue weighted by molar-refractivity contribution is 14.1. The zero-order valence-corrected chi connectivity index (χ0v) is 109. The van der Waals surface area contributed by atoms with Gasteiger partial charge in [0.25, 0.3) is 0 Å². The largest absolute Gasteiger partial charge is 0.550 e. The number of carboxylic acids is 7. The zero-order chi connectivity index (χ0) is 95.8. The molecule has 7 aromatic carbocycles. The fourth-order valence-electron chi connectivity index (χ4n) is 8.52. The number of halogens is 21. The van der Waals surface area contributed by atoms with Gasteiger partial charge in [-0.1, -0.05) is 12.8 Å². The van der Waals surface area contributed by atoms with Crippen LogP contribution in [0.3, 0.4) is 0 Å². The maximum Gasteiger partial charge on any atom is 0.339 e. The van der Waals surface area contributed by atoms with Gasteiger partial charge < -0.3 is 97.7 Å². The Labute approximate surface area is 1010 Å². The lowest BCUT2D eigenvalue weighted by Crippen LogP contribution is -2.29. The molecule has 0 spiro atoms. The van der Waals surface area contributed by atoms with Gasteiger partial charge in [0, 0.05) is 117 Å². The minimum absolute atomic E-state index is 0.00375. The molecule has 0 radical (unpaired) electrons. The van der Waals surface area contributed by atoms with E-state index in [1.807, 2.05) is 83.3 Å². The molecule has 0 aliphatic heterocycles. The molecule has 7 aromatic rings. The molecule has 1 N–H and O–H groups in total. The van der Waals surface area contributed by atoms with Crippen molar-refractivity contribution in [3.63, 3.8) is 0 Å². The molecule has 0 saturated heterocycles. The molecule has 0 atom stereocenters. The highest BCUT2D eigenvalue weighted by atomic mass is 127. The van der Waals surface area contributed by atoms with Crippen LogP contribution >= 0.6 is 474 Å². The van der Waals surface area contributed by atoms with Crippen LogP contribution in [-0.4, -0.2) is 129 Å². The first-order valence-electron chi connectivity index (χ1n) is 35.0. The molecule has 0 aliphatic rings. The maximum atomic E-state index is 12.0. The number of benzene rings is 7. The number of aliphatic carboxylic acids is 7. The van der Waals surface area contributed by atoms with Crippen molar-refractivity contribution in [3.05, 3.63) is 199 Å². The van der Waals surface area contributed by atoms with E-state index in [0.717, 1.165) is 99.8 Å². The Morgan fingerprint density at radius 1 is 0.230 bits per heavy atom. The summed E-state index contributed by atoms with van der Waals surface area (Å²) in [6, 6.07) is 26.4. The van der Waals surface area contributed by atoms with Crippen LogP contribution in [0.5, 0.6) is 0 Å². The molecule has 0 fully saturated rings. The highest BCUT2D eigenvalue weighted by Gasteiger charge is 2.22. The number of hydrogen-bond donors (Lipinski definition) is 1. The summed E-state index contributed by atoms with van der Waals surface area (Å²) in [5.41, 5.74) is 4.11. The van der Waals surface area contributed by atoms with Crippen LogP contribution in [-0.2, 0) is 73.3 Å². The molecular weight excluding hydrogens is 4030 g/mol. The van der Waals surface area contributed by atoms with Crippen LogP contribution in [0, 0.1) is 75.0 Å². The Kier molecular flexibility index (Phi) is 71.9. The van der Waals surface area contributed by atoms with Crippen molar-refractivity contribution in [1.82, 2.24) is 0 Å². The topological polar surface area (TPSA) is 445 Å². The number of esters is 6. The van der Waals surface area contributed by atoms with Crippen molar-refractivity contribution in [1.29, 1.82) is 0 Å². The van der Waals surface area contributed by atoms with Gasteiger partial charge in [-0.2, -0.15) is 0 Å². The second-order valence-electron chi connectivity index (χ2n) is 24.0. The van der Waals surface area contributed by atoms with Crippen molar-refractivity contribution < 1.29 is 131 Å². The second kappa shape index (κ2) is 71.4. The van der Waals surface area contributed by atoms with Crippen molar-refractivity contribution in [2.75, 3.05) is 46.2 Å². The zero-order valence-electron chi connectivity index (χ0n) is 63.8. The fourth-order valence-corrected chi connectivity index (χ4v) is 26.7. The molecule has 0 saturated carbocycles. The highest BCUT2D eigenvalue weighted by Crippen LogP contribution is 2.31.